The van der Waals surface area contributed by atoms with Crippen LogP contribution in [-0.2, 0) is 0 Å². The minimum atomic E-state index is 0.477. The summed E-state index contributed by atoms with van der Waals surface area (Å²) >= 11 is 0. The van der Waals surface area contributed by atoms with Crippen molar-refractivity contribution in [1.82, 2.24) is 0 Å². The van der Waals surface area contributed by atoms with E-state index in [2.05, 4.69) is 66.8 Å². The van der Waals surface area contributed by atoms with Crippen molar-refractivity contribution < 1.29 is 10.2 Å². The Morgan fingerprint density at radius 1 is 0.850 bits per heavy atom. The number of aryl methyl sites for hydroxylation is 1. The van der Waals surface area contributed by atoms with Crippen molar-refractivity contribution >= 4 is 0 Å². The maximum atomic E-state index is 2.43. The number of hydrogen-bond acceptors (Lipinski definition) is 0. The molecule has 0 bridgehead atoms. The number of piperazine rings is 1. The Morgan fingerprint density at radius 2 is 1.45 bits per heavy atom. The first-order chi connectivity index (χ1) is 9.84. The van der Waals surface area contributed by atoms with E-state index in [9.17, 15) is 0 Å². The molecule has 2 heteroatoms. The summed E-state index contributed by atoms with van der Waals surface area (Å²) in [6.07, 6.45) is 0. The van der Waals surface area contributed by atoms with E-state index >= 15 is 0 Å². The quantitative estimate of drug-likeness (QED) is 0.811. The number of quaternary nitrogens is 2. The van der Waals surface area contributed by atoms with Crippen LogP contribution in [0.5, 0.6) is 0 Å². The summed E-state index contributed by atoms with van der Waals surface area (Å²) in [6.45, 7) is 7.12. The van der Waals surface area contributed by atoms with E-state index in [0.29, 0.717) is 6.04 Å². The van der Waals surface area contributed by atoms with Crippen molar-refractivity contribution in [2.24, 2.45) is 0 Å². The second kappa shape index (κ2) is 6.21. The van der Waals surface area contributed by atoms with Gasteiger partial charge in [-0.25, -0.2) is 0 Å². The second-order valence-corrected chi connectivity index (χ2v) is 5.78. The predicted octanol–water partition coefficient (Wildman–Crippen LogP) is 0.546. The van der Waals surface area contributed by atoms with E-state index in [0.717, 1.165) is 0 Å². The van der Waals surface area contributed by atoms with Gasteiger partial charge in [-0.2, -0.15) is 0 Å². The molecule has 2 nitrogen and oxygen atoms in total. The summed E-state index contributed by atoms with van der Waals surface area (Å²) in [5.74, 6) is 0. The van der Waals surface area contributed by atoms with E-state index in [-0.39, 0.29) is 0 Å². The van der Waals surface area contributed by atoms with Crippen molar-refractivity contribution in [3.63, 3.8) is 0 Å². The number of benzene rings is 2. The highest BCUT2D eigenvalue weighted by molar-refractivity contribution is 5.31. The largest absolute Gasteiger partial charge is 0.337 e. The maximum Gasteiger partial charge on any atom is 0.139 e. The molecule has 1 fully saturated rings. The van der Waals surface area contributed by atoms with Gasteiger partial charge in [-0.15, -0.1) is 0 Å². The van der Waals surface area contributed by atoms with Crippen LogP contribution in [-0.4, -0.2) is 26.2 Å². The molecule has 2 aromatic rings. The standard InChI is InChI=1S/C18H22N2/c1-15-7-9-17(10-8-15)18(16-5-3-2-4-6-16)20-13-11-19-12-14-20/h2-10,18-19H,11-14H2,1H3/p+2/t18-/m0/s1. The number of hydrogen-bond donors (Lipinski definition) is 2. The van der Waals surface area contributed by atoms with E-state index in [1.807, 2.05) is 0 Å². The topological polar surface area (TPSA) is 21.1 Å². The second-order valence-electron chi connectivity index (χ2n) is 5.78. The van der Waals surface area contributed by atoms with Crippen LogP contribution in [0.2, 0.25) is 0 Å². The Hall–Kier alpha value is -1.64. The Bertz CT molecular complexity index is 527. The molecule has 0 unspecified atom stereocenters. The predicted molar refractivity (Wildman–Crippen MR) is 81.8 cm³/mol. The smallest absolute Gasteiger partial charge is 0.139 e. The van der Waals surface area contributed by atoms with E-state index in [1.54, 1.807) is 4.90 Å². The summed E-state index contributed by atoms with van der Waals surface area (Å²) in [4.78, 5) is 1.70. The summed E-state index contributed by atoms with van der Waals surface area (Å²) in [5.41, 5.74) is 4.22. The zero-order valence-electron chi connectivity index (χ0n) is 12.2. The van der Waals surface area contributed by atoms with Gasteiger partial charge in [-0.05, 0) is 6.92 Å². The van der Waals surface area contributed by atoms with Crippen molar-refractivity contribution in [2.75, 3.05) is 26.2 Å². The first kappa shape index (κ1) is 13.3. The maximum absolute atomic E-state index is 2.43. The number of rotatable bonds is 3. The van der Waals surface area contributed by atoms with E-state index in [1.165, 1.54) is 42.9 Å². The Labute approximate surface area is 121 Å². The van der Waals surface area contributed by atoms with Crippen LogP contribution in [0.3, 0.4) is 0 Å². The minimum Gasteiger partial charge on any atom is -0.337 e. The molecule has 3 rings (SSSR count). The summed E-state index contributed by atoms with van der Waals surface area (Å²) in [7, 11) is 0. The van der Waals surface area contributed by atoms with Crippen LogP contribution < -0.4 is 10.2 Å². The molecule has 1 saturated heterocycles. The normalized spacial score (nSPS) is 17.9. The van der Waals surface area contributed by atoms with Crippen LogP contribution in [0.1, 0.15) is 22.7 Å². The lowest BCUT2D eigenvalue weighted by atomic mass is 9.96. The molecule has 1 aliphatic rings. The van der Waals surface area contributed by atoms with Gasteiger partial charge in [0.1, 0.15) is 32.2 Å². The zero-order valence-corrected chi connectivity index (χ0v) is 12.2. The molecule has 2 aromatic carbocycles. The molecule has 1 heterocycles. The molecule has 0 radical (unpaired) electrons. The van der Waals surface area contributed by atoms with Gasteiger partial charge in [0.05, 0.1) is 0 Å². The molecule has 0 amide bonds. The molecule has 0 saturated carbocycles. The fourth-order valence-corrected chi connectivity index (χ4v) is 3.20. The molecular formula is C18H24N2+2. The fourth-order valence-electron chi connectivity index (χ4n) is 3.20. The average molecular weight is 268 g/mol. The van der Waals surface area contributed by atoms with Gasteiger partial charge in [-0.3, -0.25) is 0 Å². The van der Waals surface area contributed by atoms with Crippen LogP contribution in [0, 0.1) is 6.92 Å². The highest BCUT2D eigenvalue weighted by Crippen LogP contribution is 2.19. The van der Waals surface area contributed by atoms with Gasteiger partial charge in [-0.1, -0.05) is 60.2 Å². The third-order valence-electron chi connectivity index (χ3n) is 4.29. The highest BCUT2D eigenvalue weighted by atomic mass is 15.2. The lowest BCUT2D eigenvalue weighted by molar-refractivity contribution is -0.967. The Morgan fingerprint density at radius 3 is 2.10 bits per heavy atom. The molecule has 20 heavy (non-hydrogen) atoms. The first-order valence-electron chi connectivity index (χ1n) is 7.62. The van der Waals surface area contributed by atoms with Gasteiger partial charge in [0.25, 0.3) is 0 Å². The fraction of sp³-hybridized carbons (Fsp3) is 0.333. The average Bonchev–Trinajstić information content (AvgIpc) is 2.52. The first-order valence-corrected chi connectivity index (χ1v) is 7.62. The van der Waals surface area contributed by atoms with Crippen molar-refractivity contribution in [3.05, 3.63) is 71.3 Å². The summed E-state index contributed by atoms with van der Waals surface area (Å²) in [5, 5.41) is 2.43. The van der Waals surface area contributed by atoms with Gasteiger partial charge < -0.3 is 10.2 Å². The van der Waals surface area contributed by atoms with Gasteiger partial charge in [0.2, 0.25) is 0 Å². The Balaban J connectivity index is 1.96. The number of nitrogens with one attached hydrogen (secondary N) is 1. The molecule has 0 spiro atoms. The third kappa shape index (κ3) is 2.92. The SMILES string of the molecule is Cc1ccc([C@H](c2ccccc2)[NH+]2CC[NH2+]CC2)cc1. The van der Waals surface area contributed by atoms with Crippen LogP contribution in [0.4, 0.5) is 0 Å². The summed E-state index contributed by atoms with van der Waals surface area (Å²) in [6, 6.07) is 20.5. The van der Waals surface area contributed by atoms with Crippen LogP contribution >= 0.6 is 0 Å². The molecule has 1 atom stereocenters. The molecule has 104 valence electrons. The molecule has 3 N–H and O–H groups in total. The molecule has 0 aromatic heterocycles. The van der Waals surface area contributed by atoms with Gasteiger partial charge in [0.15, 0.2) is 0 Å². The number of nitrogens with two attached hydrogens (primary N) is 1. The summed E-state index contributed by atoms with van der Waals surface area (Å²) < 4.78 is 0. The zero-order chi connectivity index (χ0) is 13.8. The molecule has 1 aliphatic heterocycles. The third-order valence-corrected chi connectivity index (χ3v) is 4.29. The van der Waals surface area contributed by atoms with Crippen molar-refractivity contribution in [1.29, 1.82) is 0 Å². The molecule has 0 aliphatic carbocycles. The van der Waals surface area contributed by atoms with E-state index in [4.69, 9.17) is 0 Å². The van der Waals surface area contributed by atoms with Gasteiger partial charge in [0, 0.05) is 11.1 Å². The lowest BCUT2D eigenvalue weighted by Crippen LogP contribution is -3.20. The van der Waals surface area contributed by atoms with Gasteiger partial charge >= 0.3 is 0 Å². The van der Waals surface area contributed by atoms with Crippen molar-refractivity contribution in [2.45, 2.75) is 13.0 Å². The van der Waals surface area contributed by atoms with Crippen molar-refractivity contribution in [3.8, 4) is 0 Å². The van der Waals surface area contributed by atoms with E-state index < -0.39 is 0 Å². The molecular weight excluding hydrogens is 244 g/mol. The monoisotopic (exact) mass is 268 g/mol. The Kier molecular flexibility index (Phi) is 4.14. The highest BCUT2D eigenvalue weighted by Gasteiger charge is 2.28. The minimum absolute atomic E-state index is 0.477. The van der Waals surface area contributed by atoms with Crippen LogP contribution in [0.25, 0.3) is 0 Å². The van der Waals surface area contributed by atoms with Crippen LogP contribution in [0.15, 0.2) is 54.6 Å². The lowest BCUT2D eigenvalue weighted by Gasteiger charge is -2.31.